The molecule has 4 rings (SSSR count). The summed E-state index contributed by atoms with van der Waals surface area (Å²) in [6.45, 7) is 4.17. The van der Waals surface area contributed by atoms with Crippen molar-refractivity contribution < 1.29 is 9.32 Å². The standard InChI is InChI=1S/C22H23BrN4O2/c1-15-12-18(9-10-19(15)23)24-22(28)17-8-5-11-27(13-17)14-20-25-21(26-29-20)16-6-3-2-4-7-16/h2-4,6-7,9-10,12,17H,5,8,11,13-14H2,1H3,(H,24,28). The van der Waals surface area contributed by atoms with E-state index in [1.54, 1.807) is 0 Å². The van der Waals surface area contributed by atoms with Crippen molar-refractivity contribution in [2.45, 2.75) is 26.3 Å². The van der Waals surface area contributed by atoms with Crippen LogP contribution >= 0.6 is 15.9 Å². The molecule has 7 heteroatoms. The molecular weight excluding hydrogens is 432 g/mol. The molecule has 0 radical (unpaired) electrons. The van der Waals surface area contributed by atoms with Gasteiger partial charge in [-0.1, -0.05) is 51.4 Å². The molecule has 1 aliphatic heterocycles. The van der Waals surface area contributed by atoms with Crippen LogP contribution in [0, 0.1) is 12.8 Å². The van der Waals surface area contributed by atoms with Crippen LogP contribution in [0.1, 0.15) is 24.3 Å². The number of nitrogens with zero attached hydrogens (tertiary/aromatic N) is 3. The summed E-state index contributed by atoms with van der Waals surface area (Å²) in [5.74, 6) is 1.18. The summed E-state index contributed by atoms with van der Waals surface area (Å²) in [6.07, 6.45) is 1.86. The summed E-state index contributed by atoms with van der Waals surface area (Å²) in [5.41, 5.74) is 2.86. The molecule has 0 bridgehead atoms. The number of halogens is 1. The van der Waals surface area contributed by atoms with E-state index in [9.17, 15) is 4.79 Å². The van der Waals surface area contributed by atoms with Crippen LogP contribution in [-0.2, 0) is 11.3 Å². The number of anilines is 1. The maximum absolute atomic E-state index is 12.7. The summed E-state index contributed by atoms with van der Waals surface area (Å²) >= 11 is 3.49. The maximum atomic E-state index is 12.7. The molecule has 29 heavy (non-hydrogen) atoms. The number of rotatable bonds is 5. The van der Waals surface area contributed by atoms with Gasteiger partial charge in [0.05, 0.1) is 12.5 Å². The molecule has 1 aromatic heterocycles. The highest BCUT2D eigenvalue weighted by molar-refractivity contribution is 9.10. The van der Waals surface area contributed by atoms with Gasteiger partial charge in [0.2, 0.25) is 17.6 Å². The number of carbonyl (C=O) groups is 1. The van der Waals surface area contributed by atoms with Crippen molar-refractivity contribution in [3.8, 4) is 11.4 Å². The summed E-state index contributed by atoms with van der Waals surface area (Å²) in [6, 6.07) is 15.6. The SMILES string of the molecule is Cc1cc(NC(=O)C2CCCN(Cc3nc(-c4ccccc4)no3)C2)ccc1Br. The molecule has 1 aliphatic rings. The number of nitrogens with one attached hydrogen (secondary N) is 1. The number of benzene rings is 2. The second-order valence-corrected chi connectivity index (χ2v) is 8.26. The van der Waals surface area contributed by atoms with Gasteiger partial charge in [0.15, 0.2) is 0 Å². The molecule has 1 amide bonds. The zero-order chi connectivity index (χ0) is 20.2. The zero-order valence-corrected chi connectivity index (χ0v) is 17.9. The van der Waals surface area contributed by atoms with Crippen LogP contribution in [-0.4, -0.2) is 34.0 Å². The van der Waals surface area contributed by atoms with E-state index in [0.29, 0.717) is 24.8 Å². The van der Waals surface area contributed by atoms with Crippen LogP contribution in [0.5, 0.6) is 0 Å². The quantitative estimate of drug-likeness (QED) is 0.606. The fraction of sp³-hybridized carbons (Fsp3) is 0.318. The first-order chi connectivity index (χ1) is 14.1. The van der Waals surface area contributed by atoms with Gasteiger partial charge in [-0.3, -0.25) is 9.69 Å². The molecule has 1 atom stereocenters. The third-order valence-electron chi connectivity index (χ3n) is 5.16. The van der Waals surface area contributed by atoms with E-state index in [1.807, 2.05) is 55.5 Å². The highest BCUT2D eigenvalue weighted by Crippen LogP contribution is 2.23. The molecule has 150 valence electrons. The van der Waals surface area contributed by atoms with Crippen molar-refractivity contribution in [2.75, 3.05) is 18.4 Å². The Morgan fingerprint density at radius 3 is 2.90 bits per heavy atom. The average Bonchev–Trinajstić information content (AvgIpc) is 3.20. The normalized spacial score (nSPS) is 17.2. The fourth-order valence-corrected chi connectivity index (χ4v) is 3.84. The summed E-state index contributed by atoms with van der Waals surface area (Å²) < 4.78 is 6.47. The summed E-state index contributed by atoms with van der Waals surface area (Å²) in [4.78, 5) is 19.5. The van der Waals surface area contributed by atoms with Gasteiger partial charge in [-0.05, 0) is 50.1 Å². The van der Waals surface area contributed by atoms with Crippen molar-refractivity contribution in [1.82, 2.24) is 15.0 Å². The molecule has 0 saturated carbocycles. The van der Waals surface area contributed by atoms with Gasteiger partial charge in [-0.25, -0.2) is 0 Å². The van der Waals surface area contributed by atoms with Gasteiger partial charge in [-0.15, -0.1) is 0 Å². The van der Waals surface area contributed by atoms with Crippen molar-refractivity contribution in [2.24, 2.45) is 5.92 Å². The lowest BCUT2D eigenvalue weighted by Crippen LogP contribution is -2.40. The molecular formula is C22H23BrN4O2. The van der Waals surface area contributed by atoms with Crippen LogP contribution in [0.3, 0.4) is 0 Å². The smallest absolute Gasteiger partial charge is 0.241 e. The van der Waals surface area contributed by atoms with Crippen LogP contribution in [0.4, 0.5) is 5.69 Å². The van der Waals surface area contributed by atoms with E-state index in [2.05, 4.69) is 36.3 Å². The van der Waals surface area contributed by atoms with Crippen molar-refractivity contribution in [1.29, 1.82) is 0 Å². The van der Waals surface area contributed by atoms with Gasteiger partial charge in [0, 0.05) is 22.3 Å². The van der Waals surface area contributed by atoms with Crippen LogP contribution < -0.4 is 5.32 Å². The van der Waals surface area contributed by atoms with Crippen molar-refractivity contribution in [3.63, 3.8) is 0 Å². The van der Waals surface area contributed by atoms with E-state index in [0.717, 1.165) is 40.7 Å². The predicted molar refractivity (Wildman–Crippen MR) is 115 cm³/mol. The third-order valence-corrected chi connectivity index (χ3v) is 6.05. The summed E-state index contributed by atoms with van der Waals surface area (Å²) in [7, 11) is 0. The molecule has 0 spiro atoms. The van der Waals surface area contributed by atoms with Crippen molar-refractivity contribution in [3.05, 3.63) is 64.5 Å². The predicted octanol–water partition coefficient (Wildman–Crippen LogP) is 4.66. The topological polar surface area (TPSA) is 71.3 Å². The number of hydrogen-bond donors (Lipinski definition) is 1. The average molecular weight is 455 g/mol. The second-order valence-electron chi connectivity index (χ2n) is 7.41. The molecule has 2 heterocycles. The van der Waals surface area contributed by atoms with Gasteiger partial charge in [-0.2, -0.15) is 4.98 Å². The second kappa shape index (κ2) is 8.88. The Balaban J connectivity index is 1.36. The number of likely N-dealkylation sites (tertiary alicyclic amines) is 1. The lowest BCUT2D eigenvalue weighted by molar-refractivity contribution is -0.121. The Labute approximate surface area is 178 Å². The first kappa shape index (κ1) is 19.8. The molecule has 1 unspecified atom stereocenters. The largest absolute Gasteiger partial charge is 0.338 e. The molecule has 1 fully saturated rings. The number of aromatic nitrogens is 2. The lowest BCUT2D eigenvalue weighted by atomic mass is 9.97. The van der Waals surface area contributed by atoms with E-state index < -0.39 is 0 Å². The minimum absolute atomic E-state index is 0.0516. The minimum atomic E-state index is -0.0516. The number of carbonyl (C=O) groups excluding carboxylic acids is 1. The highest BCUT2D eigenvalue weighted by Gasteiger charge is 2.27. The zero-order valence-electron chi connectivity index (χ0n) is 16.3. The van der Waals surface area contributed by atoms with Crippen LogP contribution in [0.25, 0.3) is 11.4 Å². The number of aryl methyl sites for hydroxylation is 1. The first-order valence-corrected chi connectivity index (χ1v) is 10.5. The first-order valence-electron chi connectivity index (χ1n) is 9.76. The minimum Gasteiger partial charge on any atom is -0.338 e. The van der Waals surface area contributed by atoms with Crippen LogP contribution in [0.2, 0.25) is 0 Å². The molecule has 2 aromatic carbocycles. The van der Waals surface area contributed by atoms with E-state index in [4.69, 9.17) is 4.52 Å². The third kappa shape index (κ3) is 4.92. The van der Waals surface area contributed by atoms with Gasteiger partial charge < -0.3 is 9.84 Å². The molecule has 6 nitrogen and oxygen atoms in total. The summed E-state index contributed by atoms with van der Waals surface area (Å²) in [5, 5.41) is 7.13. The Hall–Kier alpha value is -2.51. The molecule has 1 saturated heterocycles. The molecule has 0 aliphatic carbocycles. The Morgan fingerprint density at radius 1 is 1.28 bits per heavy atom. The van der Waals surface area contributed by atoms with Gasteiger partial charge in [0.1, 0.15) is 0 Å². The highest BCUT2D eigenvalue weighted by atomic mass is 79.9. The Morgan fingerprint density at radius 2 is 2.10 bits per heavy atom. The number of hydrogen-bond acceptors (Lipinski definition) is 5. The van der Waals surface area contributed by atoms with E-state index in [1.165, 1.54) is 0 Å². The lowest BCUT2D eigenvalue weighted by Gasteiger charge is -2.30. The molecule has 3 aromatic rings. The Bertz CT molecular complexity index is 989. The van der Waals surface area contributed by atoms with Crippen molar-refractivity contribution >= 4 is 27.5 Å². The monoisotopic (exact) mass is 454 g/mol. The van der Waals surface area contributed by atoms with Gasteiger partial charge >= 0.3 is 0 Å². The fourth-order valence-electron chi connectivity index (χ4n) is 3.59. The number of piperidine rings is 1. The Kier molecular flexibility index (Phi) is 6.06. The van der Waals surface area contributed by atoms with Crippen LogP contribution in [0.15, 0.2) is 57.5 Å². The van der Waals surface area contributed by atoms with E-state index >= 15 is 0 Å². The molecule has 1 N–H and O–H groups in total. The maximum Gasteiger partial charge on any atom is 0.241 e. The van der Waals surface area contributed by atoms with Gasteiger partial charge in [0.25, 0.3) is 0 Å². The van der Waals surface area contributed by atoms with E-state index in [-0.39, 0.29) is 11.8 Å². The number of amides is 1.